The van der Waals surface area contributed by atoms with Gasteiger partial charge in [0.05, 0.1) is 0 Å². The molecule has 112 valence electrons. The van der Waals surface area contributed by atoms with Crippen LogP contribution < -0.4 is 9.44 Å². The van der Waals surface area contributed by atoms with E-state index < -0.39 is 0 Å². The van der Waals surface area contributed by atoms with Gasteiger partial charge in [0.25, 0.3) is 0 Å². The number of unbranched alkanes of at least 4 members (excludes halogenated alkanes) is 4. The summed E-state index contributed by atoms with van der Waals surface area (Å²) >= 11 is 0. The van der Waals surface area contributed by atoms with Crippen LogP contribution in [0.4, 0.5) is 0 Å². The summed E-state index contributed by atoms with van der Waals surface area (Å²) in [6, 6.07) is 0. The van der Waals surface area contributed by atoms with Crippen molar-refractivity contribution in [2.24, 2.45) is 0 Å². The highest BCUT2D eigenvalue weighted by atomic mass is 33.5. The highest BCUT2D eigenvalue weighted by Gasteiger charge is 2.03. The average molecular weight is 325 g/mol. The fourth-order valence-corrected chi connectivity index (χ4v) is 3.59. The van der Waals surface area contributed by atoms with E-state index in [2.05, 4.69) is 23.3 Å². The minimum atomic E-state index is 0.0563. The first kappa shape index (κ1) is 19.0. The summed E-state index contributed by atoms with van der Waals surface area (Å²) in [5, 5.41) is 0. The SMILES string of the molecule is CCCCCC(=O)NSSSNC(=O)CCCCC. The molecule has 0 saturated heterocycles. The second-order valence-electron chi connectivity index (χ2n) is 4.20. The number of hydrogen-bond acceptors (Lipinski definition) is 5. The van der Waals surface area contributed by atoms with Crippen LogP contribution >= 0.6 is 31.8 Å². The van der Waals surface area contributed by atoms with Crippen molar-refractivity contribution in [3.05, 3.63) is 0 Å². The maximum Gasteiger partial charge on any atom is 0.230 e. The Morgan fingerprint density at radius 3 is 1.58 bits per heavy atom. The summed E-state index contributed by atoms with van der Waals surface area (Å²) in [5.41, 5.74) is 0. The molecule has 4 nitrogen and oxygen atoms in total. The van der Waals surface area contributed by atoms with E-state index in [-0.39, 0.29) is 11.8 Å². The van der Waals surface area contributed by atoms with Crippen LogP contribution in [-0.2, 0) is 9.59 Å². The van der Waals surface area contributed by atoms with Crippen LogP contribution in [0.1, 0.15) is 65.2 Å². The summed E-state index contributed by atoms with van der Waals surface area (Å²) in [4.78, 5) is 22.7. The Balaban J connectivity index is 3.29. The molecule has 0 unspecified atom stereocenters. The van der Waals surface area contributed by atoms with Gasteiger partial charge < -0.3 is 0 Å². The second-order valence-corrected chi connectivity index (χ2v) is 7.71. The predicted octanol–water partition coefficient (Wildman–Crippen LogP) is 4.24. The van der Waals surface area contributed by atoms with Crippen LogP contribution in [0, 0.1) is 0 Å². The van der Waals surface area contributed by atoms with Gasteiger partial charge in [-0.3, -0.25) is 19.0 Å². The third-order valence-corrected chi connectivity index (χ3v) is 5.28. The molecule has 0 radical (unpaired) electrons. The standard InChI is InChI=1S/C12H24N2O2S3/c1-3-5-7-9-11(15)13-17-19-18-14-12(16)10-8-6-4-2/h3-10H2,1-2H3,(H,13,15)(H,14,16). The second kappa shape index (κ2) is 14.4. The van der Waals surface area contributed by atoms with Crippen molar-refractivity contribution in [1.29, 1.82) is 0 Å². The lowest BCUT2D eigenvalue weighted by Crippen LogP contribution is -2.15. The molecule has 0 spiro atoms. The maximum absolute atomic E-state index is 11.3. The molecule has 0 bridgehead atoms. The van der Waals surface area contributed by atoms with Crippen LogP contribution in [0.2, 0.25) is 0 Å². The molecule has 0 saturated carbocycles. The van der Waals surface area contributed by atoms with Crippen molar-refractivity contribution in [2.75, 3.05) is 0 Å². The minimum Gasteiger partial charge on any atom is -0.290 e. The molecular formula is C12H24N2O2S3. The number of carbonyl (C=O) groups excluding carboxylic acids is 2. The van der Waals surface area contributed by atoms with E-state index in [4.69, 9.17) is 0 Å². The Hall–Kier alpha value is -0.0100. The highest BCUT2D eigenvalue weighted by Crippen LogP contribution is 2.29. The fraction of sp³-hybridized carbons (Fsp3) is 0.833. The van der Waals surface area contributed by atoms with Gasteiger partial charge in [-0.15, -0.1) is 0 Å². The van der Waals surface area contributed by atoms with Crippen molar-refractivity contribution in [1.82, 2.24) is 9.44 Å². The Labute approximate surface area is 128 Å². The van der Waals surface area contributed by atoms with Crippen LogP contribution in [0.5, 0.6) is 0 Å². The molecule has 0 aliphatic carbocycles. The monoisotopic (exact) mass is 324 g/mol. The Bertz CT molecular complexity index is 229. The van der Waals surface area contributed by atoms with Gasteiger partial charge in [0, 0.05) is 44.6 Å². The molecule has 0 aromatic heterocycles. The van der Waals surface area contributed by atoms with Gasteiger partial charge in [0.15, 0.2) is 0 Å². The smallest absolute Gasteiger partial charge is 0.230 e. The van der Waals surface area contributed by atoms with Crippen LogP contribution in [-0.4, -0.2) is 11.8 Å². The van der Waals surface area contributed by atoms with E-state index in [9.17, 15) is 9.59 Å². The topological polar surface area (TPSA) is 58.2 Å². The summed E-state index contributed by atoms with van der Waals surface area (Å²) in [6.45, 7) is 4.23. The molecule has 0 aliphatic rings. The first-order valence-corrected chi connectivity index (χ1v) is 10.3. The molecule has 0 rings (SSSR count). The largest absolute Gasteiger partial charge is 0.290 e. The van der Waals surface area contributed by atoms with Gasteiger partial charge in [-0.05, 0) is 12.8 Å². The molecule has 0 heterocycles. The van der Waals surface area contributed by atoms with Gasteiger partial charge in [0.1, 0.15) is 0 Å². The summed E-state index contributed by atoms with van der Waals surface area (Å²) in [6.07, 6.45) is 7.46. The summed E-state index contributed by atoms with van der Waals surface area (Å²) < 4.78 is 5.47. The fourth-order valence-electron chi connectivity index (χ4n) is 1.32. The van der Waals surface area contributed by atoms with E-state index in [1.807, 2.05) is 0 Å². The van der Waals surface area contributed by atoms with Crippen molar-refractivity contribution >= 4 is 43.6 Å². The molecule has 7 heteroatoms. The van der Waals surface area contributed by atoms with Crippen LogP contribution in [0.3, 0.4) is 0 Å². The van der Waals surface area contributed by atoms with E-state index in [1.54, 1.807) is 0 Å². The lowest BCUT2D eigenvalue weighted by atomic mass is 10.2. The van der Waals surface area contributed by atoms with E-state index in [0.717, 1.165) is 38.5 Å². The summed E-state index contributed by atoms with van der Waals surface area (Å²) in [5.74, 6) is 0.113. The van der Waals surface area contributed by atoms with Gasteiger partial charge in [-0.1, -0.05) is 39.5 Å². The zero-order valence-electron chi connectivity index (χ0n) is 11.7. The molecule has 0 fully saturated rings. The molecule has 19 heavy (non-hydrogen) atoms. The van der Waals surface area contributed by atoms with Crippen molar-refractivity contribution in [3.63, 3.8) is 0 Å². The van der Waals surface area contributed by atoms with E-state index in [0.29, 0.717) is 12.8 Å². The van der Waals surface area contributed by atoms with Crippen LogP contribution in [0.25, 0.3) is 0 Å². The van der Waals surface area contributed by atoms with Gasteiger partial charge in [-0.2, -0.15) is 0 Å². The Kier molecular flexibility index (Phi) is 14.4. The third-order valence-electron chi connectivity index (χ3n) is 2.39. The number of carbonyl (C=O) groups is 2. The number of rotatable bonds is 12. The molecule has 0 aromatic carbocycles. The van der Waals surface area contributed by atoms with E-state index >= 15 is 0 Å². The van der Waals surface area contributed by atoms with Crippen LogP contribution in [0.15, 0.2) is 0 Å². The highest BCUT2D eigenvalue weighted by molar-refractivity contribution is 9.08. The van der Waals surface area contributed by atoms with Gasteiger partial charge >= 0.3 is 0 Å². The lowest BCUT2D eigenvalue weighted by molar-refractivity contribution is -0.120. The van der Waals surface area contributed by atoms with Crippen molar-refractivity contribution in [3.8, 4) is 0 Å². The van der Waals surface area contributed by atoms with Crippen molar-refractivity contribution < 1.29 is 9.59 Å². The van der Waals surface area contributed by atoms with Gasteiger partial charge in [-0.25, -0.2) is 0 Å². The Morgan fingerprint density at radius 1 is 0.789 bits per heavy atom. The normalized spacial score (nSPS) is 10.2. The molecule has 0 aromatic rings. The molecule has 0 aliphatic heterocycles. The van der Waals surface area contributed by atoms with Crippen molar-refractivity contribution in [2.45, 2.75) is 65.2 Å². The minimum absolute atomic E-state index is 0.0563. The summed E-state index contributed by atoms with van der Waals surface area (Å²) in [7, 11) is 3.87. The Morgan fingerprint density at radius 2 is 1.21 bits per heavy atom. The quantitative estimate of drug-likeness (QED) is 0.319. The number of nitrogens with one attached hydrogen (secondary N) is 2. The number of amides is 2. The lowest BCUT2D eigenvalue weighted by Gasteiger charge is -2.04. The predicted molar refractivity (Wildman–Crippen MR) is 87.3 cm³/mol. The zero-order valence-corrected chi connectivity index (χ0v) is 14.1. The first-order valence-electron chi connectivity index (χ1n) is 6.77. The maximum atomic E-state index is 11.3. The molecule has 2 amide bonds. The molecule has 0 atom stereocenters. The zero-order chi connectivity index (χ0) is 14.3. The molecular weight excluding hydrogens is 300 g/mol. The average Bonchev–Trinajstić information content (AvgIpc) is 2.39. The van der Waals surface area contributed by atoms with Gasteiger partial charge in [0.2, 0.25) is 11.8 Å². The van der Waals surface area contributed by atoms with E-state index in [1.165, 1.54) is 31.8 Å². The molecule has 2 N–H and O–H groups in total. The first-order chi connectivity index (χ1) is 9.20. The third kappa shape index (κ3) is 14.2. The number of hydrogen-bond donors (Lipinski definition) is 2.